The highest BCUT2D eigenvalue weighted by atomic mass is 16.1. The van der Waals surface area contributed by atoms with Crippen molar-refractivity contribution in [2.75, 3.05) is 0 Å². The lowest BCUT2D eigenvalue weighted by molar-refractivity contribution is -0.119. The number of carbonyl (C=O) groups excluding carboxylic acids is 1. The quantitative estimate of drug-likeness (QED) is 0.660. The summed E-state index contributed by atoms with van der Waals surface area (Å²) in [6.07, 6.45) is 0.648. The lowest BCUT2D eigenvalue weighted by Crippen LogP contribution is -2.20. The second-order valence-electron chi connectivity index (χ2n) is 3.43. The summed E-state index contributed by atoms with van der Waals surface area (Å²) in [4.78, 5) is 11.1. The highest BCUT2D eigenvalue weighted by molar-refractivity contribution is 5.83. The summed E-state index contributed by atoms with van der Waals surface area (Å²) in [5.41, 5.74) is 13.2. The molecule has 1 aliphatic rings. The van der Waals surface area contributed by atoms with Gasteiger partial charge in [-0.2, -0.15) is 0 Å². The number of fused-ring (bicyclic) bond motifs is 1. The smallest absolute Gasteiger partial charge is 0.225 e. The van der Waals surface area contributed by atoms with Crippen LogP contribution in [0, 0.1) is 0 Å². The lowest BCUT2D eigenvalue weighted by Gasteiger charge is -2.04. The van der Waals surface area contributed by atoms with Gasteiger partial charge in [0.15, 0.2) is 0 Å². The van der Waals surface area contributed by atoms with Gasteiger partial charge in [-0.05, 0) is 17.5 Å². The Kier molecular flexibility index (Phi) is 1.81. The van der Waals surface area contributed by atoms with Crippen LogP contribution in [0.2, 0.25) is 0 Å². The van der Waals surface area contributed by atoms with Crippen molar-refractivity contribution in [2.45, 2.75) is 18.4 Å². The van der Waals surface area contributed by atoms with E-state index in [1.54, 1.807) is 0 Å². The fourth-order valence-corrected chi connectivity index (χ4v) is 1.94. The van der Waals surface area contributed by atoms with E-state index in [-0.39, 0.29) is 17.9 Å². The molecule has 2 atom stereocenters. The van der Waals surface area contributed by atoms with Crippen LogP contribution in [0.4, 0.5) is 0 Å². The molecule has 0 unspecified atom stereocenters. The maximum Gasteiger partial charge on any atom is 0.225 e. The van der Waals surface area contributed by atoms with Crippen molar-refractivity contribution >= 4 is 5.91 Å². The SMILES string of the molecule is NC(=O)[C@@H]1C[C@H](N)c2ccccc21. The van der Waals surface area contributed by atoms with Crippen LogP contribution >= 0.6 is 0 Å². The molecule has 2 rings (SSSR count). The first-order valence-corrected chi connectivity index (χ1v) is 4.34. The van der Waals surface area contributed by atoms with Gasteiger partial charge in [0.1, 0.15) is 0 Å². The molecule has 3 heteroatoms. The molecule has 1 amide bonds. The summed E-state index contributed by atoms with van der Waals surface area (Å²) in [5.74, 6) is -0.466. The Morgan fingerprint density at radius 3 is 2.54 bits per heavy atom. The van der Waals surface area contributed by atoms with Crippen LogP contribution in [0.15, 0.2) is 24.3 Å². The fourth-order valence-electron chi connectivity index (χ4n) is 1.94. The number of primary amides is 1. The van der Waals surface area contributed by atoms with Gasteiger partial charge in [0.2, 0.25) is 5.91 Å². The third kappa shape index (κ3) is 1.21. The first-order chi connectivity index (χ1) is 6.20. The first kappa shape index (κ1) is 8.26. The van der Waals surface area contributed by atoms with E-state index >= 15 is 0 Å². The molecular formula is C10H12N2O. The van der Waals surface area contributed by atoms with Crippen molar-refractivity contribution in [1.82, 2.24) is 0 Å². The predicted octanol–water partition coefficient (Wildman–Crippen LogP) is 0.659. The van der Waals surface area contributed by atoms with Gasteiger partial charge in [0, 0.05) is 6.04 Å². The van der Waals surface area contributed by atoms with E-state index in [0.717, 1.165) is 11.1 Å². The van der Waals surface area contributed by atoms with Gasteiger partial charge < -0.3 is 11.5 Å². The summed E-state index contributed by atoms with van der Waals surface area (Å²) in [6.45, 7) is 0. The molecule has 13 heavy (non-hydrogen) atoms. The Morgan fingerprint density at radius 1 is 1.31 bits per heavy atom. The largest absolute Gasteiger partial charge is 0.369 e. The van der Waals surface area contributed by atoms with Gasteiger partial charge in [-0.15, -0.1) is 0 Å². The molecule has 3 nitrogen and oxygen atoms in total. The Hall–Kier alpha value is -1.35. The van der Waals surface area contributed by atoms with Crippen LogP contribution in [0.5, 0.6) is 0 Å². The summed E-state index contributed by atoms with van der Waals surface area (Å²) < 4.78 is 0. The topological polar surface area (TPSA) is 69.1 Å². The van der Waals surface area contributed by atoms with E-state index in [0.29, 0.717) is 6.42 Å². The van der Waals surface area contributed by atoms with Gasteiger partial charge in [-0.25, -0.2) is 0 Å². The summed E-state index contributed by atoms with van der Waals surface area (Å²) in [6, 6.07) is 7.70. The van der Waals surface area contributed by atoms with Gasteiger partial charge in [-0.3, -0.25) is 4.79 Å². The summed E-state index contributed by atoms with van der Waals surface area (Å²) in [5, 5.41) is 0. The number of hydrogen-bond donors (Lipinski definition) is 2. The molecule has 0 heterocycles. The zero-order chi connectivity index (χ0) is 9.42. The molecule has 0 radical (unpaired) electrons. The Labute approximate surface area is 76.7 Å². The number of rotatable bonds is 1. The molecule has 0 fully saturated rings. The molecule has 0 saturated carbocycles. The maximum absolute atomic E-state index is 11.1. The first-order valence-electron chi connectivity index (χ1n) is 4.34. The van der Waals surface area contributed by atoms with Gasteiger partial charge in [0.25, 0.3) is 0 Å². The monoisotopic (exact) mass is 176 g/mol. The summed E-state index contributed by atoms with van der Waals surface area (Å²) in [7, 11) is 0. The van der Waals surface area contributed by atoms with Crippen LogP contribution < -0.4 is 11.5 Å². The van der Waals surface area contributed by atoms with Crippen LogP contribution in [-0.4, -0.2) is 5.91 Å². The highest BCUT2D eigenvalue weighted by Gasteiger charge is 2.31. The normalized spacial score (nSPS) is 25.6. The standard InChI is InChI=1S/C10H12N2O/c11-9-5-8(10(12)13)6-3-1-2-4-7(6)9/h1-4,8-9H,5,11H2,(H2,12,13)/t8-,9+/m1/s1. The number of benzene rings is 1. The van der Waals surface area contributed by atoms with E-state index in [9.17, 15) is 4.79 Å². The molecule has 68 valence electrons. The van der Waals surface area contributed by atoms with Crippen LogP contribution in [0.3, 0.4) is 0 Å². The predicted molar refractivity (Wildman–Crippen MR) is 49.9 cm³/mol. The third-order valence-corrected chi connectivity index (χ3v) is 2.60. The minimum absolute atomic E-state index is 0.0336. The average Bonchev–Trinajstić information content (AvgIpc) is 2.45. The minimum Gasteiger partial charge on any atom is -0.369 e. The third-order valence-electron chi connectivity index (χ3n) is 2.60. The van der Waals surface area contributed by atoms with E-state index in [4.69, 9.17) is 11.5 Å². The van der Waals surface area contributed by atoms with Crippen molar-refractivity contribution in [3.05, 3.63) is 35.4 Å². The number of amides is 1. The zero-order valence-electron chi connectivity index (χ0n) is 7.23. The van der Waals surface area contributed by atoms with Crippen molar-refractivity contribution in [3.63, 3.8) is 0 Å². The molecular weight excluding hydrogens is 164 g/mol. The molecule has 0 spiro atoms. The van der Waals surface area contributed by atoms with Gasteiger partial charge in [0.05, 0.1) is 5.92 Å². The molecule has 1 aromatic carbocycles. The minimum atomic E-state index is -0.277. The second kappa shape index (κ2) is 2.85. The number of hydrogen-bond acceptors (Lipinski definition) is 2. The Balaban J connectivity index is 2.47. The average molecular weight is 176 g/mol. The fraction of sp³-hybridized carbons (Fsp3) is 0.300. The highest BCUT2D eigenvalue weighted by Crippen LogP contribution is 2.38. The van der Waals surface area contributed by atoms with E-state index in [1.165, 1.54) is 0 Å². The Bertz CT molecular complexity index is 349. The van der Waals surface area contributed by atoms with Crippen molar-refractivity contribution in [2.24, 2.45) is 11.5 Å². The summed E-state index contributed by atoms with van der Waals surface area (Å²) >= 11 is 0. The molecule has 4 N–H and O–H groups in total. The second-order valence-corrected chi connectivity index (χ2v) is 3.43. The van der Waals surface area contributed by atoms with Crippen molar-refractivity contribution < 1.29 is 4.79 Å². The van der Waals surface area contributed by atoms with Crippen LogP contribution in [0.1, 0.15) is 29.5 Å². The molecule has 0 aromatic heterocycles. The van der Waals surface area contributed by atoms with Crippen molar-refractivity contribution in [3.8, 4) is 0 Å². The maximum atomic E-state index is 11.1. The van der Waals surface area contributed by atoms with E-state index in [2.05, 4.69) is 0 Å². The van der Waals surface area contributed by atoms with Crippen molar-refractivity contribution in [1.29, 1.82) is 0 Å². The lowest BCUT2D eigenvalue weighted by atomic mass is 10.0. The number of nitrogens with two attached hydrogens (primary N) is 2. The molecule has 1 aliphatic carbocycles. The molecule has 0 aliphatic heterocycles. The molecule has 0 bridgehead atoms. The molecule has 0 saturated heterocycles. The number of carbonyl (C=O) groups is 1. The van der Waals surface area contributed by atoms with Gasteiger partial charge >= 0.3 is 0 Å². The van der Waals surface area contributed by atoms with Crippen LogP contribution in [0.25, 0.3) is 0 Å². The van der Waals surface area contributed by atoms with E-state index < -0.39 is 0 Å². The van der Waals surface area contributed by atoms with E-state index in [1.807, 2.05) is 24.3 Å². The molecule has 1 aromatic rings. The zero-order valence-corrected chi connectivity index (χ0v) is 7.23. The Morgan fingerprint density at radius 2 is 1.92 bits per heavy atom. The van der Waals surface area contributed by atoms with Crippen LogP contribution in [-0.2, 0) is 4.79 Å². The van der Waals surface area contributed by atoms with Gasteiger partial charge in [-0.1, -0.05) is 24.3 Å².